The Hall–Kier alpha value is -0.660. The van der Waals surface area contributed by atoms with Crippen LogP contribution in [0.4, 0.5) is 0 Å². The fraction of sp³-hybridized carbons (Fsp3) is 0.889. The first kappa shape index (κ1) is 11.8. The molecule has 0 aliphatic carbocycles. The molecule has 0 aromatic rings. The van der Waals surface area contributed by atoms with Crippen LogP contribution in [0.15, 0.2) is 0 Å². The van der Waals surface area contributed by atoms with E-state index in [0.717, 1.165) is 29.9 Å². The van der Waals surface area contributed by atoms with Crippen LogP contribution >= 0.6 is 0 Å². The largest absolute Gasteiger partial charge is 0.294 e. The summed E-state index contributed by atoms with van der Waals surface area (Å²) in [6.07, 6.45) is 3.20. The van der Waals surface area contributed by atoms with Crippen molar-refractivity contribution in [3.05, 3.63) is 0 Å². The van der Waals surface area contributed by atoms with Gasteiger partial charge in [-0.05, 0) is 6.92 Å². The zero-order valence-electron chi connectivity index (χ0n) is 9.55. The van der Waals surface area contributed by atoms with E-state index >= 15 is 0 Å². The highest BCUT2D eigenvalue weighted by molar-refractivity contribution is 7.88. The predicted molar refractivity (Wildman–Crippen MR) is 56.3 cm³/mol. The average Bonchev–Trinajstić information content (AvgIpc) is 2.66. The monoisotopic (exact) mass is 249 g/mol. The smallest absolute Gasteiger partial charge is 0.267 e. The number of likely N-dealkylation sites (N-methyl/N-ethyl adjacent to an activating group) is 1. The highest BCUT2D eigenvalue weighted by Crippen LogP contribution is 2.42. The van der Waals surface area contributed by atoms with Gasteiger partial charge >= 0.3 is 0 Å². The molecule has 0 bridgehead atoms. The van der Waals surface area contributed by atoms with Crippen molar-refractivity contribution in [3.63, 3.8) is 0 Å². The lowest BCUT2D eigenvalue weighted by Gasteiger charge is -2.19. The number of sulfonamides is 1. The van der Waals surface area contributed by atoms with Crippen LogP contribution in [0.5, 0.6) is 0 Å². The van der Waals surface area contributed by atoms with Crippen LogP contribution in [0, 0.1) is 0 Å². The molecule has 2 atom stereocenters. The van der Waals surface area contributed by atoms with Crippen LogP contribution in [-0.4, -0.2) is 55.4 Å². The first-order valence-electron chi connectivity index (χ1n) is 5.45. The number of hydroxylamine groups is 3. The number of hydrogen-bond acceptors (Lipinski definition) is 4. The van der Waals surface area contributed by atoms with Gasteiger partial charge in [0.15, 0.2) is 6.54 Å². The second-order valence-corrected chi connectivity index (χ2v) is 6.26. The lowest BCUT2D eigenvalue weighted by molar-refractivity contribution is -0.908. The van der Waals surface area contributed by atoms with Gasteiger partial charge in [-0.2, -0.15) is 0 Å². The topological polar surface area (TPSA) is 67.0 Å². The summed E-state index contributed by atoms with van der Waals surface area (Å²) in [5.41, 5.74) is 0. The van der Waals surface area contributed by atoms with Crippen molar-refractivity contribution in [2.24, 2.45) is 0 Å². The number of nitrogens with zero attached hydrogens (tertiary/aromatic N) is 2. The van der Waals surface area contributed by atoms with Crippen molar-refractivity contribution in [1.82, 2.24) is 4.31 Å². The van der Waals surface area contributed by atoms with Crippen LogP contribution in [-0.2, 0) is 19.7 Å². The first-order valence-corrected chi connectivity index (χ1v) is 7.29. The normalized spacial score (nSPS) is 32.2. The summed E-state index contributed by atoms with van der Waals surface area (Å²) in [6.45, 7) is 2.80. The molecular weight excluding hydrogens is 232 g/mol. The van der Waals surface area contributed by atoms with Crippen LogP contribution < -0.4 is 0 Å². The lowest BCUT2D eigenvalue weighted by Crippen LogP contribution is -2.44. The molecule has 0 spiro atoms. The van der Waals surface area contributed by atoms with Crippen molar-refractivity contribution < 1.29 is 22.7 Å². The van der Waals surface area contributed by atoms with E-state index in [1.807, 2.05) is 0 Å². The van der Waals surface area contributed by atoms with Crippen molar-refractivity contribution in [2.75, 3.05) is 25.9 Å². The molecule has 2 fully saturated rings. The molecule has 0 saturated carbocycles. The maximum atomic E-state index is 11.9. The Bertz CT molecular complexity index is 408. The molecular formula is C9H17N2O4S+. The fourth-order valence-corrected chi connectivity index (χ4v) is 3.25. The first-order chi connectivity index (χ1) is 7.39. The second kappa shape index (κ2) is 3.68. The van der Waals surface area contributed by atoms with Gasteiger partial charge < -0.3 is 0 Å². The molecule has 0 radical (unpaired) electrons. The number of quaternary nitrogens is 1. The average molecular weight is 249 g/mol. The SMILES string of the molecule is CCN(C(=O)C[N+]12CCCC1O2)S(C)(=O)=O. The summed E-state index contributed by atoms with van der Waals surface area (Å²) < 4.78 is 24.0. The molecule has 0 N–H and O–H groups in total. The molecule has 2 aliphatic heterocycles. The maximum Gasteiger partial charge on any atom is 0.294 e. The molecule has 2 rings (SSSR count). The highest BCUT2D eigenvalue weighted by Gasteiger charge is 2.63. The Morgan fingerprint density at radius 3 is 2.62 bits per heavy atom. The zero-order chi connectivity index (χ0) is 12.0. The Labute approximate surface area is 95.4 Å². The summed E-state index contributed by atoms with van der Waals surface area (Å²) in [7, 11) is -3.45. The maximum absolute atomic E-state index is 11.9. The minimum Gasteiger partial charge on any atom is -0.267 e. The van der Waals surface area contributed by atoms with E-state index in [-0.39, 0.29) is 25.2 Å². The van der Waals surface area contributed by atoms with Gasteiger partial charge in [0.1, 0.15) is 6.54 Å². The standard InChI is InChI=1S/C9H17N2O4S/c1-3-10(16(2,13)14)8(12)7-11-6-4-5-9(11)15-11/h9H,3-7H2,1-2H3/q+1. The van der Waals surface area contributed by atoms with Crippen molar-refractivity contribution in [3.8, 4) is 0 Å². The quantitative estimate of drug-likeness (QED) is 0.506. The highest BCUT2D eigenvalue weighted by atomic mass is 32.2. The van der Waals surface area contributed by atoms with Crippen molar-refractivity contribution in [2.45, 2.75) is 26.0 Å². The van der Waals surface area contributed by atoms with E-state index in [0.29, 0.717) is 4.65 Å². The van der Waals surface area contributed by atoms with Gasteiger partial charge in [-0.1, -0.05) is 0 Å². The predicted octanol–water partition coefficient (Wildman–Crippen LogP) is -0.324. The van der Waals surface area contributed by atoms with Gasteiger partial charge in [0, 0.05) is 19.4 Å². The summed E-state index contributed by atoms with van der Waals surface area (Å²) in [5, 5.41) is 0. The fourth-order valence-electron chi connectivity index (χ4n) is 2.36. The summed E-state index contributed by atoms with van der Waals surface area (Å²) in [5.74, 6) is -0.366. The molecule has 2 heterocycles. The number of hydrogen-bond donors (Lipinski definition) is 0. The van der Waals surface area contributed by atoms with E-state index < -0.39 is 10.0 Å². The minimum absolute atomic E-state index is 0.127. The van der Waals surface area contributed by atoms with Gasteiger partial charge in [0.05, 0.1) is 6.26 Å². The van der Waals surface area contributed by atoms with Gasteiger partial charge in [0.25, 0.3) is 12.1 Å². The summed E-state index contributed by atoms with van der Waals surface area (Å²) in [6, 6.07) is 0. The molecule has 2 aliphatic rings. The van der Waals surface area contributed by atoms with E-state index in [9.17, 15) is 13.2 Å². The molecule has 6 nitrogen and oxygen atoms in total. The van der Waals surface area contributed by atoms with E-state index in [2.05, 4.69) is 0 Å². The Balaban J connectivity index is 2.03. The number of fused-ring (bicyclic) bond motifs is 1. The van der Waals surface area contributed by atoms with Gasteiger partial charge in [0.2, 0.25) is 10.0 Å². The van der Waals surface area contributed by atoms with Gasteiger partial charge in [-0.25, -0.2) is 12.7 Å². The van der Waals surface area contributed by atoms with E-state index in [1.165, 1.54) is 0 Å². The molecule has 92 valence electrons. The summed E-state index contributed by atoms with van der Waals surface area (Å²) in [4.78, 5) is 17.3. The van der Waals surface area contributed by atoms with Crippen molar-refractivity contribution in [1.29, 1.82) is 0 Å². The Kier molecular flexibility index (Phi) is 2.72. The van der Waals surface area contributed by atoms with Crippen LogP contribution in [0.2, 0.25) is 0 Å². The third-order valence-electron chi connectivity index (χ3n) is 3.17. The zero-order valence-corrected chi connectivity index (χ0v) is 10.4. The van der Waals surface area contributed by atoms with E-state index in [1.54, 1.807) is 6.92 Å². The Morgan fingerprint density at radius 1 is 1.56 bits per heavy atom. The number of rotatable bonds is 4. The third-order valence-corrected chi connectivity index (χ3v) is 4.43. The van der Waals surface area contributed by atoms with Gasteiger partial charge in [-0.15, -0.1) is 9.48 Å². The van der Waals surface area contributed by atoms with Crippen molar-refractivity contribution >= 4 is 15.9 Å². The number of amides is 1. The molecule has 0 aromatic carbocycles. The Morgan fingerprint density at radius 2 is 2.25 bits per heavy atom. The number of carbonyl (C=O) groups is 1. The summed E-state index contributed by atoms with van der Waals surface area (Å²) >= 11 is 0. The second-order valence-electron chi connectivity index (χ2n) is 4.36. The van der Waals surface area contributed by atoms with Crippen LogP contribution in [0.25, 0.3) is 0 Å². The molecule has 16 heavy (non-hydrogen) atoms. The lowest BCUT2D eigenvalue weighted by atomic mass is 10.4. The van der Waals surface area contributed by atoms with Gasteiger partial charge in [-0.3, -0.25) is 4.79 Å². The third kappa shape index (κ3) is 1.94. The molecule has 1 amide bonds. The minimum atomic E-state index is -3.45. The number of carbonyl (C=O) groups excluding carboxylic acids is 1. The van der Waals surface area contributed by atoms with Crippen LogP contribution in [0.3, 0.4) is 0 Å². The van der Waals surface area contributed by atoms with E-state index in [4.69, 9.17) is 4.84 Å². The molecule has 0 aromatic heterocycles. The molecule has 2 saturated heterocycles. The molecule has 2 unspecified atom stereocenters. The molecule has 7 heteroatoms. The van der Waals surface area contributed by atoms with Crippen LogP contribution in [0.1, 0.15) is 19.8 Å².